The van der Waals surface area contributed by atoms with Crippen LogP contribution in [0.3, 0.4) is 0 Å². The van der Waals surface area contributed by atoms with Crippen LogP contribution in [0.1, 0.15) is 101 Å². The number of hydrogen-bond acceptors (Lipinski definition) is 7. The summed E-state index contributed by atoms with van der Waals surface area (Å²) >= 11 is 0. The lowest BCUT2D eigenvalue weighted by Crippen LogP contribution is -2.50. The van der Waals surface area contributed by atoms with Crippen LogP contribution in [-0.2, 0) is 13.2 Å². The van der Waals surface area contributed by atoms with E-state index in [1.54, 1.807) is 62.8 Å². The molecule has 47 heavy (non-hydrogen) atoms. The Morgan fingerprint density at radius 1 is 0.702 bits per heavy atom. The number of aromatic carboxylic acids is 1. The van der Waals surface area contributed by atoms with Crippen LogP contribution in [-0.4, -0.2) is 55.6 Å². The van der Waals surface area contributed by atoms with Crippen LogP contribution in [0.5, 0.6) is 17.2 Å². The van der Waals surface area contributed by atoms with Crippen molar-refractivity contribution in [3.63, 3.8) is 0 Å². The molecule has 2 aromatic carbocycles. The molecule has 0 spiro atoms. The maximum Gasteiger partial charge on any atom is 0.224 e. The first-order valence-electron chi connectivity index (χ1n) is 17.1. The minimum absolute atomic E-state index is 0.0504. The molecule has 260 valence electrons. The van der Waals surface area contributed by atoms with Crippen molar-refractivity contribution in [3.05, 3.63) is 87.8 Å². The second kappa shape index (κ2) is 21.7. The van der Waals surface area contributed by atoms with E-state index in [0.29, 0.717) is 11.5 Å². The van der Waals surface area contributed by atoms with Crippen LogP contribution in [0.15, 0.2) is 65.6 Å². The monoisotopic (exact) mass is 652 g/mol. The van der Waals surface area contributed by atoms with E-state index in [-0.39, 0.29) is 19.0 Å². The van der Waals surface area contributed by atoms with Gasteiger partial charge in [0.25, 0.3) is 0 Å². The zero-order chi connectivity index (χ0) is 34.5. The zero-order valence-electron chi connectivity index (χ0n) is 29.4. The van der Waals surface area contributed by atoms with Gasteiger partial charge in [-0.2, -0.15) is 4.73 Å². The van der Waals surface area contributed by atoms with Crippen LogP contribution in [0, 0.1) is 0 Å². The summed E-state index contributed by atoms with van der Waals surface area (Å²) in [4.78, 5) is 29.2. The maximum atomic E-state index is 12.2. The Labute approximate surface area is 281 Å². The number of carboxylic acid groups (broad SMARTS) is 1. The zero-order valence-corrected chi connectivity index (χ0v) is 29.4. The van der Waals surface area contributed by atoms with Crippen LogP contribution in [0.2, 0.25) is 0 Å². The number of benzene rings is 2. The van der Waals surface area contributed by atoms with Gasteiger partial charge >= 0.3 is 0 Å². The Balaban J connectivity index is 0.000000387. The third kappa shape index (κ3) is 13.7. The van der Waals surface area contributed by atoms with E-state index in [4.69, 9.17) is 19.0 Å². The van der Waals surface area contributed by atoms with Gasteiger partial charge in [0.15, 0.2) is 5.75 Å². The van der Waals surface area contributed by atoms with Crippen molar-refractivity contribution in [2.75, 3.05) is 40.4 Å². The van der Waals surface area contributed by atoms with E-state index in [9.17, 15) is 14.7 Å². The molecular formula is C38H56N2O7. The Hall–Kier alpha value is -3.98. The van der Waals surface area contributed by atoms with Gasteiger partial charge in [-0.1, -0.05) is 77.6 Å². The number of pyridine rings is 1. The first-order chi connectivity index (χ1) is 22.7. The highest BCUT2D eigenvalue weighted by Crippen LogP contribution is 2.17. The average molecular weight is 653 g/mol. The van der Waals surface area contributed by atoms with E-state index in [2.05, 4.69) is 27.7 Å². The van der Waals surface area contributed by atoms with Gasteiger partial charge in [0.05, 0.1) is 52.6 Å². The molecule has 0 atom stereocenters. The Bertz CT molecular complexity index is 1320. The van der Waals surface area contributed by atoms with Gasteiger partial charge in [-0.05, 0) is 61.1 Å². The van der Waals surface area contributed by atoms with Crippen molar-refractivity contribution in [3.8, 4) is 17.2 Å². The molecule has 0 fully saturated rings. The number of methoxy groups -OCH3 is 2. The van der Waals surface area contributed by atoms with E-state index in [0.717, 1.165) is 21.9 Å². The Morgan fingerprint density at radius 2 is 1.13 bits per heavy atom. The van der Waals surface area contributed by atoms with Crippen LogP contribution in [0.25, 0.3) is 0 Å². The fraction of sp³-hybridized carbons (Fsp3) is 0.526. The molecule has 0 unspecified atom stereocenters. The minimum atomic E-state index is -1.54. The van der Waals surface area contributed by atoms with Crippen molar-refractivity contribution < 1.29 is 33.4 Å². The summed E-state index contributed by atoms with van der Waals surface area (Å²) < 4.78 is 18.1. The summed E-state index contributed by atoms with van der Waals surface area (Å²) in [5.74, 6) is -0.202. The molecule has 9 heteroatoms. The van der Waals surface area contributed by atoms with Crippen molar-refractivity contribution in [2.24, 2.45) is 0 Å². The predicted molar refractivity (Wildman–Crippen MR) is 185 cm³/mol. The van der Waals surface area contributed by atoms with Crippen LogP contribution >= 0.6 is 0 Å². The number of carboxylic acids is 1. The summed E-state index contributed by atoms with van der Waals surface area (Å²) in [5, 5.41) is 11.4. The van der Waals surface area contributed by atoms with Crippen molar-refractivity contribution in [1.82, 2.24) is 4.73 Å². The number of nitrogens with zero attached hydrogens (tertiary/aromatic N) is 2. The number of unbranched alkanes of at least 4 members (excludes halogenated alkanes) is 4. The summed E-state index contributed by atoms with van der Waals surface area (Å²) in [7, 11) is 3.13. The lowest BCUT2D eigenvalue weighted by molar-refractivity contribution is -0.929. The third-order valence-corrected chi connectivity index (χ3v) is 8.22. The molecule has 0 radical (unpaired) electrons. The normalized spacial score (nSPS) is 10.9. The highest BCUT2D eigenvalue weighted by Gasteiger charge is 2.24. The Kier molecular flexibility index (Phi) is 18.1. The number of aromatic nitrogens is 1. The SMILES string of the molecule is CCCC[N+](CCCC)(CCCC)CCCC.COc1ccc(COc2cn(OCc3ccc(OC)cc3)c(C(=O)[O-])cc2=O)cc1. The third-order valence-electron chi connectivity index (χ3n) is 8.22. The lowest BCUT2D eigenvalue weighted by Gasteiger charge is -2.39. The molecule has 0 saturated carbocycles. The van der Waals surface area contributed by atoms with Gasteiger partial charge in [-0.25, -0.2) is 0 Å². The predicted octanol–water partition coefficient (Wildman–Crippen LogP) is 6.44. The highest BCUT2D eigenvalue weighted by molar-refractivity contribution is 5.83. The van der Waals surface area contributed by atoms with Crippen LogP contribution in [0.4, 0.5) is 0 Å². The molecule has 1 aromatic heterocycles. The molecule has 9 nitrogen and oxygen atoms in total. The van der Waals surface area contributed by atoms with Crippen molar-refractivity contribution >= 4 is 5.97 Å². The summed E-state index contributed by atoms with van der Waals surface area (Å²) in [6.45, 7) is 15.2. The fourth-order valence-electron chi connectivity index (χ4n) is 5.26. The fourth-order valence-corrected chi connectivity index (χ4v) is 5.26. The molecule has 0 bridgehead atoms. The average Bonchev–Trinajstić information content (AvgIpc) is 3.10. The molecule has 3 aromatic rings. The van der Waals surface area contributed by atoms with Gasteiger partial charge in [0.2, 0.25) is 5.43 Å². The summed E-state index contributed by atoms with van der Waals surface area (Å²) in [5.41, 5.74) is 0.585. The quantitative estimate of drug-likeness (QED) is 0.122. The van der Waals surface area contributed by atoms with Gasteiger partial charge in [-0.15, -0.1) is 0 Å². The van der Waals surface area contributed by atoms with Gasteiger partial charge in [0, 0.05) is 6.07 Å². The second-order valence-electron chi connectivity index (χ2n) is 11.9. The maximum absolute atomic E-state index is 12.2. The van der Waals surface area contributed by atoms with E-state index < -0.39 is 17.1 Å². The number of ether oxygens (including phenoxy) is 3. The van der Waals surface area contributed by atoms with E-state index in [1.165, 1.54) is 88.2 Å². The number of carbonyl (C=O) groups is 1. The molecule has 0 saturated heterocycles. The summed E-state index contributed by atoms with van der Waals surface area (Å²) in [6.07, 6.45) is 12.3. The second-order valence-corrected chi connectivity index (χ2v) is 11.9. The molecule has 0 N–H and O–H groups in total. The topological polar surface area (TPSA) is 99.1 Å². The first kappa shape index (κ1) is 39.2. The van der Waals surface area contributed by atoms with Gasteiger partial charge in [-0.3, -0.25) is 4.79 Å². The number of hydrogen-bond donors (Lipinski definition) is 0. The molecule has 0 aliphatic heterocycles. The van der Waals surface area contributed by atoms with Gasteiger partial charge < -0.3 is 33.4 Å². The van der Waals surface area contributed by atoms with E-state index >= 15 is 0 Å². The van der Waals surface area contributed by atoms with Crippen molar-refractivity contribution in [1.29, 1.82) is 0 Å². The number of quaternary nitrogens is 1. The lowest BCUT2D eigenvalue weighted by atomic mass is 10.1. The molecule has 3 rings (SSSR count). The highest BCUT2D eigenvalue weighted by atomic mass is 16.7. The minimum Gasteiger partial charge on any atom is -0.543 e. The van der Waals surface area contributed by atoms with Gasteiger partial charge in [0.1, 0.15) is 30.4 Å². The smallest absolute Gasteiger partial charge is 0.224 e. The van der Waals surface area contributed by atoms with E-state index in [1.807, 2.05) is 0 Å². The number of carbonyl (C=O) groups excluding carboxylic acids is 1. The Morgan fingerprint density at radius 3 is 1.51 bits per heavy atom. The summed E-state index contributed by atoms with van der Waals surface area (Å²) in [6, 6.07) is 15.1. The molecule has 0 amide bonds. The molecule has 0 aliphatic carbocycles. The number of rotatable bonds is 21. The largest absolute Gasteiger partial charge is 0.543 e. The molecule has 1 heterocycles. The van der Waals surface area contributed by atoms with Crippen molar-refractivity contribution in [2.45, 2.75) is 92.3 Å². The molecule has 0 aliphatic rings. The van der Waals surface area contributed by atoms with Crippen LogP contribution < -0.4 is 29.6 Å². The first-order valence-corrected chi connectivity index (χ1v) is 17.1. The standard InChI is InChI=1S/C22H21NO7.C16H36N/c1-27-17-7-3-15(4-8-17)13-29-21-12-23(19(22(25)26)11-20(21)24)30-14-16-5-9-18(28-2)10-6-16;1-5-9-13-17(14-10-6-2,15-11-7-3)16-12-8-4/h3-12H,13-14H2,1-2H3,(H,25,26);5-16H2,1-4H3/q;+1/p-1. The molecular weight excluding hydrogens is 596 g/mol.